The second-order valence-corrected chi connectivity index (χ2v) is 12.2. The second-order valence-electron chi connectivity index (χ2n) is 12.2. The maximum absolute atomic E-state index is 13.9. The van der Waals surface area contributed by atoms with Crippen LogP contribution >= 0.6 is 0 Å². The molecule has 0 spiro atoms. The van der Waals surface area contributed by atoms with E-state index in [2.05, 4.69) is 20.8 Å². The van der Waals surface area contributed by atoms with Crippen molar-refractivity contribution in [2.45, 2.75) is 84.8 Å². The first-order valence-corrected chi connectivity index (χ1v) is 14.4. The minimum absolute atomic E-state index is 0.107. The second kappa shape index (κ2) is 13.3. The van der Waals surface area contributed by atoms with Gasteiger partial charge in [0.15, 0.2) is 0 Å². The third kappa shape index (κ3) is 8.42. The van der Waals surface area contributed by atoms with Gasteiger partial charge in [-0.15, -0.1) is 0 Å². The number of alkyl halides is 6. The summed E-state index contributed by atoms with van der Waals surface area (Å²) < 4.78 is 88.4. The Hall–Kier alpha value is -2.75. The fraction of sp³-hybridized carbons (Fsp3) is 0.594. The number of benzene rings is 2. The number of ether oxygens (including phenoxy) is 1. The zero-order chi connectivity index (χ0) is 31.6. The van der Waals surface area contributed by atoms with E-state index in [1.807, 2.05) is 18.2 Å². The highest BCUT2D eigenvalue weighted by atomic mass is 19.4. The maximum Gasteiger partial charge on any atom is 0.416 e. The molecular weight excluding hydrogens is 560 g/mol. The summed E-state index contributed by atoms with van der Waals surface area (Å²) in [6.45, 7) is 9.76. The van der Waals surface area contributed by atoms with Crippen LogP contribution in [0.1, 0.15) is 81.3 Å². The Morgan fingerprint density at radius 3 is 2.24 bits per heavy atom. The van der Waals surface area contributed by atoms with E-state index < -0.39 is 47.0 Å². The summed E-state index contributed by atoms with van der Waals surface area (Å²) in [6.07, 6.45) is -7.34. The Balaban J connectivity index is 1.90. The zero-order valence-corrected chi connectivity index (χ0v) is 24.9. The molecular formula is C32H41F6NO3. The molecule has 2 aromatic carbocycles. The van der Waals surface area contributed by atoms with Crippen LogP contribution in [-0.2, 0) is 30.0 Å². The number of rotatable bonds is 11. The Morgan fingerprint density at radius 2 is 1.67 bits per heavy atom. The molecule has 4 nitrogen and oxygen atoms in total. The van der Waals surface area contributed by atoms with E-state index in [0.717, 1.165) is 24.0 Å². The van der Waals surface area contributed by atoms with Gasteiger partial charge in [0.2, 0.25) is 0 Å². The predicted octanol–water partition coefficient (Wildman–Crippen LogP) is 8.67. The summed E-state index contributed by atoms with van der Waals surface area (Å²) in [5, 5.41) is 9.30. The van der Waals surface area contributed by atoms with Crippen molar-refractivity contribution >= 4 is 5.97 Å². The van der Waals surface area contributed by atoms with Crippen molar-refractivity contribution in [1.29, 1.82) is 0 Å². The minimum Gasteiger partial charge on any atom is -0.490 e. The van der Waals surface area contributed by atoms with Gasteiger partial charge < -0.3 is 9.84 Å². The van der Waals surface area contributed by atoms with Crippen molar-refractivity contribution in [2.75, 3.05) is 13.6 Å². The standard InChI is InChI=1S/C32H41F6NO3/c1-18(2)19(3)14-24(28-12-9-23-8-7-22(15-29(23)42-28)13-20(4)30(40)41)17-39(6)21(5)26-16-25(31(33,34)35)10-11-27(26)32(36,37)38/h7-8,10-11,15-16,18-21,24,28H,9,12-14,17H2,1-6H3,(H,40,41). The third-order valence-electron chi connectivity index (χ3n) is 8.73. The molecule has 0 fully saturated rings. The molecule has 2 aromatic rings. The zero-order valence-electron chi connectivity index (χ0n) is 24.9. The third-order valence-corrected chi connectivity index (χ3v) is 8.73. The topological polar surface area (TPSA) is 49.8 Å². The Labute approximate surface area is 244 Å². The van der Waals surface area contributed by atoms with E-state index in [0.29, 0.717) is 49.3 Å². The smallest absolute Gasteiger partial charge is 0.416 e. The largest absolute Gasteiger partial charge is 0.490 e. The average molecular weight is 602 g/mol. The molecule has 1 N–H and O–H groups in total. The highest BCUT2D eigenvalue weighted by molar-refractivity contribution is 5.70. The van der Waals surface area contributed by atoms with E-state index in [-0.39, 0.29) is 17.9 Å². The first kappa shape index (κ1) is 33.7. The number of carboxylic acid groups (broad SMARTS) is 1. The van der Waals surface area contributed by atoms with Gasteiger partial charge in [-0.3, -0.25) is 9.69 Å². The molecule has 1 heterocycles. The number of carboxylic acids is 1. The summed E-state index contributed by atoms with van der Waals surface area (Å²) in [5.41, 5.74) is -0.757. The molecule has 0 amide bonds. The van der Waals surface area contributed by atoms with Crippen LogP contribution < -0.4 is 4.74 Å². The average Bonchev–Trinajstić information content (AvgIpc) is 2.90. The van der Waals surface area contributed by atoms with Gasteiger partial charge in [-0.25, -0.2) is 0 Å². The van der Waals surface area contributed by atoms with Gasteiger partial charge in [0.25, 0.3) is 0 Å². The van der Waals surface area contributed by atoms with Crippen molar-refractivity contribution in [2.24, 2.45) is 23.7 Å². The lowest BCUT2D eigenvalue weighted by Gasteiger charge is -2.38. The molecule has 1 aliphatic heterocycles. The van der Waals surface area contributed by atoms with Crippen LogP contribution in [0.15, 0.2) is 36.4 Å². The lowest BCUT2D eigenvalue weighted by atomic mass is 9.82. The maximum atomic E-state index is 13.9. The Kier molecular flexibility index (Phi) is 10.7. The van der Waals surface area contributed by atoms with Gasteiger partial charge in [0.1, 0.15) is 11.9 Å². The molecule has 1 aliphatic rings. The van der Waals surface area contributed by atoms with Crippen LogP contribution in [0.4, 0.5) is 26.3 Å². The van der Waals surface area contributed by atoms with Crippen LogP contribution in [0.5, 0.6) is 5.75 Å². The van der Waals surface area contributed by atoms with Gasteiger partial charge >= 0.3 is 18.3 Å². The van der Waals surface area contributed by atoms with E-state index in [1.54, 1.807) is 18.9 Å². The molecule has 5 atom stereocenters. The first-order chi connectivity index (χ1) is 19.4. The van der Waals surface area contributed by atoms with Crippen LogP contribution in [-0.4, -0.2) is 35.7 Å². The number of hydrogen-bond donors (Lipinski definition) is 1. The van der Waals surface area contributed by atoms with Crippen molar-refractivity contribution in [3.63, 3.8) is 0 Å². The quantitative estimate of drug-likeness (QED) is 0.262. The lowest BCUT2D eigenvalue weighted by molar-refractivity contribution is -0.142. The van der Waals surface area contributed by atoms with Gasteiger partial charge in [-0.2, -0.15) is 26.3 Å². The van der Waals surface area contributed by atoms with Gasteiger partial charge in [-0.05, 0) is 92.4 Å². The number of aliphatic carboxylic acids is 1. The summed E-state index contributed by atoms with van der Waals surface area (Å²) >= 11 is 0. The molecule has 234 valence electrons. The van der Waals surface area contributed by atoms with Crippen LogP contribution in [0.25, 0.3) is 0 Å². The molecule has 0 radical (unpaired) electrons. The molecule has 42 heavy (non-hydrogen) atoms. The summed E-state index contributed by atoms with van der Waals surface area (Å²) in [4.78, 5) is 13.0. The Morgan fingerprint density at radius 1 is 1.00 bits per heavy atom. The molecule has 0 saturated carbocycles. The number of carbonyl (C=O) groups is 1. The summed E-state index contributed by atoms with van der Waals surface area (Å²) in [7, 11) is 1.64. The number of aryl methyl sites for hydroxylation is 1. The van der Waals surface area contributed by atoms with Gasteiger partial charge in [0, 0.05) is 18.5 Å². The first-order valence-electron chi connectivity index (χ1n) is 14.4. The normalized spacial score (nSPS) is 18.8. The number of hydrogen-bond acceptors (Lipinski definition) is 3. The van der Waals surface area contributed by atoms with E-state index in [4.69, 9.17) is 4.74 Å². The monoisotopic (exact) mass is 601 g/mol. The number of nitrogens with zero attached hydrogens (tertiary/aromatic N) is 1. The van der Waals surface area contributed by atoms with E-state index >= 15 is 0 Å². The number of fused-ring (bicyclic) bond motifs is 1. The van der Waals surface area contributed by atoms with Crippen molar-refractivity contribution in [3.05, 3.63) is 64.2 Å². The predicted molar refractivity (Wildman–Crippen MR) is 149 cm³/mol. The molecule has 0 bridgehead atoms. The molecule has 0 saturated heterocycles. The molecule has 0 aromatic heterocycles. The van der Waals surface area contributed by atoms with E-state index in [1.165, 1.54) is 6.92 Å². The fourth-order valence-electron chi connectivity index (χ4n) is 5.54. The van der Waals surface area contributed by atoms with Gasteiger partial charge in [-0.1, -0.05) is 39.8 Å². The Bertz CT molecular complexity index is 1230. The van der Waals surface area contributed by atoms with Crippen LogP contribution in [0.3, 0.4) is 0 Å². The lowest BCUT2D eigenvalue weighted by Crippen LogP contribution is -2.40. The van der Waals surface area contributed by atoms with Crippen molar-refractivity contribution < 1.29 is 41.0 Å². The fourth-order valence-corrected chi connectivity index (χ4v) is 5.54. The highest BCUT2D eigenvalue weighted by Crippen LogP contribution is 2.41. The molecule has 5 unspecified atom stereocenters. The van der Waals surface area contributed by atoms with Crippen LogP contribution in [0.2, 0.25) is 0 Å². The summed E-state index contributed by atoms with van der Waals surface area (Å²) in [6, 6.07) is 6.39. The van der Waals surface area contributed by atoms with Crippen LogP contribution in [0, 0.1) is 23.7 Å². The molecule has 3 rings (SSSR count). The van der Waals surface area contributed by atoms with E-state index in [9.17, 15) is 36.2 Å². The minimum atomic E-state index is -4.80. The molecule has 0 aliphatic carbocycles. The highest BCUT2D eigenvalue weighted by Gasteiger charge is 2.39. The summed E-state index contributed by atoms with van der Waals surface area (Å²) in [5.74, 6) is -0.266. The SMILES string of the molecule is CC(Cc1ccc2c(c1)OC(C(CC(C)C(C)C)CN(C)C(C)c1cc(C(F)(F)F)ccc1C(F)(F)F)CC2)C(=O)O. The van der Waals surface area contributed by atoms with Gasteiger partial charge in [0.05, 0.1) is 17.0 Å². The molecule has 10 heteroatoms. The van der Waals surface area contributed by atoms with Crippen molar-refractivity contribution in [1.82, 2.24) is 4.90 Å². The van der Waals surface area contributed by atoms with Crippen molar-refractivity contribution in [3.8, 4) is 5.75 Å². The number of halogens is 6.